The Morgan fingerprint density at radius 2 is 1.95 bits per heavy atom. The number of thioether (sulfide) groups is 1. The Bertz CT molecular complexity index is 1460. The van der Waals surface area contributed by atoms with Crippen molar-refractivity contribution in [2.24, 2.45) is 5.92 Å². The van der Waals surface area contributed by atoms with Crippen LogP contribution in [-0.4, -0.2) is 31.5 Å². The van der Waals surface area contributed by atoms with Crippen molar-refractivity contribution in [3.8, 4) is 22.7 Å². The van der Waals surface area contributed by atoms with E-state index in [0.717, 1.165) is 33.8 Å². The van der Waals surface area contributed by atoms with Crippen LogP contribution >= 0.6 is 24.0 Å². The van der Waals surface area contributed by atoms with Gasteiger partial charge in [-0.05, 0) is 66.9 Å². The second kappa shape index (κ2) is 10.8. The fraction of sp³-hybridized carbons (Fsp3) is 0.207. The topological polar surface area (TPSA) is 60.5 Å². The Labute approximate surface area is 225 Å². The van der Waals surface area contributed by atoms with Gasteiger partial charge < -0.3 is 9.15 Å². The highest BCUT2D eigenvalue weighted by Crippen LogP contribution is 2.36. The maximum Gasteiger partial charge on any atom is 0.266 e. The van der Waals surface area contributed by atoms with Crippen LogP contribution in [0, 0.1) is 12.8 Å². The monoisotopic (exact) mass is 529 g/mol. The van der Waals surface area contributed by atoms with Gasteiger partial charge in [0.25, 0.3) is 5.91 Å². The first-order valence-corrected chi connectivity index (χ1v) is 13.3. The van der Waals surface area contributed by atoms with E-state index in [1.165, 1.54) is 11.8 Å². The number of rotatable bonds is 8. The first-order chi connectivity index (χ1) is 17.9. The van der Waals surface area contributed by atoms with Crippen LogP contribution in [0.3, 0.4) is 0 Å². The number of aromatic nitrogens is 2. The number of thiocarbonyl (C=S) groups is 1. The molecule has 0 N–H and O–H groups in total. The van der Waals surface area contributed by atoms with Gasteiger partial charge >= 0.3 is 0 Å². The molecule has 37 heavy (non-hydrogen) atoms. The summed E-state index contributed by atoms with van der Waals surface area (Å²) in [5.74, 6) is 1.85. The number of nitrogens with zero attached hydrogens (tertiary/aromatic N) is 3. The zero-order valence-corrected chi connectivity index (χ0v) is 22.5. The summed E-state index contributed by atoms with van der Waals surface area (Å²) in [4.78, 5) is 15.4. The van der Waals surface area contributed by atoms with Crippen LogP contribution in [0.1, 0.15) is 30.7 Å². The van der Waals surface area contributed by atoms with E-state index in [9.17, 15) is 4.79 Å². The summed E-state index contributed by atoms with van der Waals surface area (Å²) in [6.07, 6.45) is 5.41. The molecule has 188 valence electrons. The molecule has 5 rings (SSSR count). The fourth-order valence-electron chi connectivity index (χ4n) is 3.98. The normalized spacial score (nSPS) is 14.8. The number of hydrogen-bond acceptors (Lipinski definition) is 6. The van der Waals surface area contributed by atoms with Crippen molar-refractivity contribution in [2.75, 3.05) is 6.61 Å². The van der Waals surface area contributed by atoms with Crippen molar-refractivity contribution >= 4 is 40.3 Å². The summed E-state index contributed by atoms with van der Waals surface area (Å²) in [5.41, 5.74) is 4.52. The molecule has 0 aliphatic carbocycles. The standard InChI is InChI=1S/C29H27N3O3S2/c1-19(2)18-35-25-12-11-21(14-20(25)3)27-22(16-32(30-27)23-8-5-4-6-9-23)15-26-28(33)31(29(36)37-26)17-24-10-7-13-34-24/h4-16,19H,17-18H2,1-3H3/b26-15-. The molecule has 0 radical (unpaired) electrons. The van der Waals surface area contributed by atoms with Gasteiger partial charge in [-0.25, -0.2) is 4.68 Å². The smallest absolute Gasteiger partial charge is 0.266 e. The zero-order valence-electron chi connectivity index (χ0n) is 20.9. The maximum absolute atomic E-state index is 13.3. The number of carbonyl (C=O) groups excluding carboxylic acids is 1. The van der Waals surface area contributed by atoms with E-state index in [4.69, 9.17) is 26.5 Å². The quantitative estimate of drug-likeness (QED) is 0.183. The molecule has 0 bridgehead atoms. The number of furan rings is 1. The summed E-state index contributed by atoms with van der Waals surface area (Å²) in [6, 6.07) is 19.6. The van der Waals surface area contributed by atoms with E-state index in [0.29, 0.717) is 34.1 Å². The number of benzene rings is 2. The molecule has 1 aliphatic rings. The lowest BCUT2D eigenvalue weighted by Gasteiger charge is -2.12. The van der Waals surface area contributed by atoms with E-state index in [1.54, 1.807) is 17.2 Å². The van der Waals surface area contributed by atoms with Gasteiger partial charge in [0.2, 0.25) is 0 Å². The van der Waals surface area contributed by atoms with Gasteiger partial charge in [-0.3, -0.25) is 9.69 Å². The van der Waals surface area contributed by atoms with Gasteiger partial charge in [0.05, 0.1) is 30.0 Å². The van der Waals surface area contributed by atoms with Crippen LogP contribution in [0.2, 0.25) is 0 Å². The van der Waals surface area contributed by atoms with Crippen molar-refractivity contribution in [3.05, 3.63) is 94.9 Å². The summed E-state index contributed by atoms with van der Waals surface area (Å²) in [6.45, 7) is 7.26. The zero-order chi connectivity index (χ0) is 25.9. The molecule has 0 spiro atoms. The van der Waals surface area contributed by atoms with Crippen LogP contribution in [0.4, 0.5) is 0 Å². The molecule has 8 heteroatoms. The van der Waals surface area contributed by atoms with E-state index in [1.807, 2.05) is 72.4 Å². The Kier molecular flexibility index (Phi) is 7.30. The van der Waals surface area contributed by atoms with Crippen LogP contribution in [0.25, 0.3) is 23.0 Å². The van der Waals surface area contributed by atoms with E-state index >= 15 is 0 Å². The Hall–Kier alpha value is -3.62. The van der Waals surface area contributed by atoms with Crippen molar-refractivity contribution in [3.63, 3.8) is 0 Å². The van der Waals surface area contributed by atoms with Crippen LogP contribution in [0.5, 0.6) is 5.75 Å². The molecule has 1 amide bonds. The second-order valence-electron chi connectivity index (χ2n) is 9.25. The molecule has 2 aromatic heterocycles. The van der Waals surface area contributed by atoms with E-state index in [2.05, 4.69) is 19.9 Å². The summed E-state index contributed by atoms with van der Waals surface area (Å²) in [7, 11) is 0. The van der Waals surface area contributed by atoms with Crippen molar-refractivity contribution < 1.29 is 13.9 Å². The molecule has 0 unspecified atom stereocenters. The minimum Gasteiger partial charge on any atom is -0.493 e. The lowest BCUT2D eigenvalue weighted by atomic mass is 10.0. The summed E-state index contributed by atoms with van der Waals surface area (Å²) < 4.78 is 13.7. The first-order valence-electron chi connectivity index (χ1n) is 12.1. The Morgan fingerprint density at radius 1 is 1.14 bits per heavy atom. The average molecular weight is 530 g/mol. The molecule has 0 saturated carbocycles. The van der Waals surface area contributed by atoms with E-state index < -0.39 is 0 Å². The largest absolute Gasteiger partial charge is 0.493 e. The van der Waals surface area contributed by atoms with Gasteiger partial charge in [-0.1, -0.05) is 56.0 Å². The van der Waals surface area contributed by atoms with Gasteiger partial charge in [-0.2, -0.15) is 5.10 Å². The molecule has 3 heterocycles. The summed E-state index contributed by atoms with van der Waals surface area (Å²) >= 11 is 6.81. The molecular weight excluding hydrogens is 502 g/mol. The predicted molar refractivity (Wildman–Crippen MR) is 151 cm³/mol. The molecule has 4 aromatic rings. The Balaban J connectivity index is 1.51. The fourth-order valence-corrected chi connectivity index (χ4v) is 5.23. The van der Waals surface area contributed by atoms with Crippen molar-refractivity contribution in [2.45, 2.75) is 27.3 Å². The number of amides is 1. The van der Waals surface area contributed by atoms with Crippen LogP contribution < -0.4 is 4.74 Å². The molecule has 6 nitrogen and oxygen atoms in total. The van der Waals surface area contributed by atoms with Gasteiger partial charge in [-0.15, -0.1) is 0 Å². The number of ether oxygens (including phenoxy) is 1. The van der Waals surface area contributed by atoms with Crippen molar-refractivity contribution in [1.29, 1.82) is 0 Å². The minimum absolute atomic E-state index is 0.140. The highest BCUT2D eigenvalue weighted by molar-refractivity contribution is 8.26. The number of aryl methyl sites for hydroxylation is 1. The van der Waals surface area contributed by atoms with Crippen LogP contribution in [0.15, 0.2) is 82.4 Å². The maximum atomic E-state index is 13.3. The average Bonchev–Trinajstić information content (AvgIpc) is 3.61. The predicted octanol–water partition coefficient (Wildman–Crippen LogP) is 6.88. The molecule has 0 atom stereocenters. The molecule has 2 aromatic carbocycles. The third-order valence-electron chi connectivity index (χ3n) is 5.84. The van der Waals surface area contributed by atoms with Crippen LogP contribution in [-0.2, 0) is 11.3 Å². The third kappa shape index (κ3) is 5.55. The molecule has 1 saturated heterocycles. The SMILES string of the molecule is Cc1cc(-c2nn(-c3ccccc3)cc2/C=C2\SC(=S)N(Cc3ccco3)C2=O)ccc1OCC(C)C. The van der Waals surface area contributed by atoms with Crippen molar-refractivity contribution in [1.82, 2.24) is 14.7 Å². The number of para-hydroxylation sites is 1. The van der Waals surface area contributed by atoms with Gasteiger partial charge in [0, 0.05) is 17.3 Å². The molecule has 1 fully saturated rings. The number of carbonyl (C=O) groups is 1. The number of hydrogen-bond donors (Lipinski definition) is 0. The minimum atomic E-state index is -0.140. The van der Waals surface area contributed by atoms with E-state index in [-0.39, 0.29) is 5.91 Å². The van der Waals surface area contributed by atoms with Gasteiger partial charge in [0.15, 0.2) is 0 Å². The molecular formula is C29H27N3O3S2. The Morgan fingerprint density at radius 3 is 2.65 bits per heavy atom. The summed E-state index contributed by atoms with van der Waals surface area (Å²) in [5, 5.41) is 4.91. The lowest BCUT2D eigenvalue weighted by Crippen LogP contribution is -2.27. The third-order valence-corrected chi connectivity index (χ3v) is 7.22. The lowest BCUT2D eigenvalue weighted by molar-refractivity contribution is -0.122. The highest BCUT2D eigenvalue weighted by atomic mass is 32.2. The first kappa shape index (κ1) is 25.0. The van der Waals surface area contributed by atoms with Gasteiger partial charge in [0.1, 0.15) is 21.5 Å². The highest BCUT2D eigenvalue weighted by Gasteiger charge is 2.33. The second-order valence-corrected chi connectivity index (χ2v) is 10.9. The molecule has 1 aliphatic heterocycles.